The second-order valence-electron chi connectivity index (χ2n) is 5.05. The third kappa shape index (κ3) is 3.13. The lowest BCUT2D eigenvalue weighted by molar-refractivity contribution is -0.120. The molecule has 0 heterocycles. The van der Waals surface area contributed by atoms with E-state index in [2.05, 4.69) is 5.32 Å². The van der Waals surface area contributed by atoms with Crippen molar-refractivity contribution in [3.63, 3.8) is 0 Å². The van der Waals surface area contributed by atoms with Gasteiger partial charge in [-0.3, -0.25) is 4.79 Å². The van der Waals surface area contributed by atoms with Crippen molar-refractivity contribution in [1.29, 1.82) is 0 Å². The predicted octanol–water partition coefficient (Wildman–Crippen LogP) is 1.71. The summed E-state index contributed by atoms with van der Waals surface area (Å²) in [6, 6.07) is 6.19. The zero-order chi connectivity index (χ0) is 14.0. The Morgan fingerprint density at radius 3 is 2.58 bits per heavy atom. The van der Waals surface area contributed by atoms with Crippen LogP contribution in [0.5, 0.6) is 0 Å². The first-order chi connectivity index (χ1) is 8.89. The molecule has 0 aromatic heterocycles. The number of carbonyl (C=O) groups is 1. The van der Waals surface area contributed by atoms with Gasteiger partial charge in [0.2, 0.25) is 15.9 Å². The number of nitrogens with one attached hydrogen (secondary N) is 1. The molecule has 1 aromatic rings. The number of hydrogen-bond donors (Lipinski definition) is 2. The summed E-state index contributed by atoms with van der Waals surface area (Å²) in [4.78, 5) is 12.1. The summed E-state index contributed by atoms with van der Waals surface area (Å²) in [5, 5.41) is 7.83. The van der Waals surface area contributed by atoms with Gasteiger partial charge in [0.1, 0.15) is 4.90 Å². The molecule has 1 fully saturated rings. The lowest BCUT2D eigenvalue weighted by Crippen LogP contribution is -2.26. The van der Waals surface area contributed by atoms with Crippen LogP contribution in [0.1, 0.15) is 26.2 Å². The Bertz CT molecular complexity index is 583. The van der Waals surface area contributed by atoms with E-state index in [-0.39, 0.29) is 22.4 Å². The van der Waals surface area contributed by atoms with Crippen LogP contribution in [0.25, 0.3) is 0 Å². The SMILES string of the molecule is CC1CCCC1C(=O)Nc1ccccc1S(N)(=O)=O. The molecule has 1 aliphatic carbocycles. The van der Waals surface area contributed by atoms with E-state index in [1.165, 1.54) is 6.07 Å². The van der Waals surface area contributed by atoms with Gasteiger partial charge in [-0.05, 0) is 30.9 Å². The van der Waals surface area contributed by atoms with Crippen LogP contribution in [0, 0.1) is 11.8 Å². The average molecular weight is 282 g/mol. The minimum atomic E-state index is -3.83. The fraction of sp³-hybridized carbons (Fsp3) is 0.462. The molecule has 0 radical (unpaired) electrons. The van der Waals surface area contributed by atoms with Crippen LogP contribution >= 0.6 is 0 Å². The maximum Gasteiger partial charge on any atom is 0.240 e. The van der Waals surface area contributed by atoms with E-state index >= 15 is 0 Å². The highest BCUT2D eigenvalue weighted by Crippen LogP contribution is 2.32. The molecule has 0 spiro atoms. The molecule has 2 rings (SSSR count). The minimum absolute atomic E-state index is 0.0472. The van der Waals surface area contributed by atoms with Crippen LogP contribution in [0.3, 0.4) is 0 Å². The lowest BCUT2D eigenvalue weighted by atomic mass is 9.97. The number of nitrogens with two attached hydrogens (primary N) is 1. The van der Waals surface area contributed by atoms with Crippen LogP contribution in [-0.4, -0.2) is 14.3 Å². The van der Waals surface area contributed by atoms with E-state index in [0.29, 0.717) is 5.92 Å². The molecule has 6 heteroatoms. The van der Waals surface area contributed by atoms with Gasteiger partial charge in [-0.1, -0.05) is 25.5 Å². The fourth-order valence-corrected chi connectivity index (χ4v) is 3.27. The Hall–Kier alpha value is -1.40. The van der Waals surface area contributed by atoms with E-state index in [0.717, 1.165) is 19.3 Å². The largest absolute Gasteiger partial charge is 0.325 e. The van der Waals surface area contributed by atoms with Crippen LogP contribution in [-0.2, 0) is 14.8 Å². The van der Waals surface area contributed by atoms with Gasteiger partial charge >= 0.3 is 0 Å². The van der Waals surface area contributed by atoms with E-state index in [9.17, 15) is 13.2 Å². The van der Waals surface area contributed by atoms with Gasteiger partial charge in [0.15, 0.2) is 0 Å². The summed E-state index contributed by atoms with van der Waals surface area (Å²) in [5.74, 6) is 0.163. The number of amides is 1. The van der Waals surface area contributed by atoms with Crippen molar-refractivity contribution in [3.8, 4) is 0 Å². The fourth-order valence-electron chi connectivity index (χ4n) is 2.58. The first kappa shape index (κ1) is 14.0. The first-order valence-corrected chi connectivity index (χ1v) is 7.87. The van der Waals surface area contributed by atoms with Crippen LogP contribution < -0.4 is 10.5 Å². The summed E-state index contributed by atoms with van der Waals surface area (Å²) in [6.07, 6.45) is 2.93. The summed E-state index contributed by atoms with van der Waals surface area (Å²) >= 11 is 0. The molecule has 1 aliphatic rings. The van der Waals surface area contributed by atoms with Crippen molar-refractivity contribution >= 4 is 21.6 Å². The molecule has 2 atom stereocenters. The molecule has 0 saturated heterocycles. The van der Waals surface area contributed by atoms with Crippen molar-refractivity contribution in [2.75, 3.05) is 5.32 Å². The lowest BCUT2D eigenvalue weighted by Gasteiger charge is -2.16. The molecule has 1 saturated carbocycles. The number of carbonyl (C=O) groups excluding carboxylic acids is 1. The molecule has 1 aromatic carbocycles. The second kappa shape index (κ2) is 5.30. The van der Waals surface area contributed by atoms with Crippen LogP contribution in [0.4, 0.5) is 5.69 Å². The Kier molecular flexibility index (Phi) is 3.91. The molecule has 19 heavy (non-hydrogen) atoms. The molecule has 2 unspecified atom stereocenters. The highest BCUT2D eigenvalue weighted by atomic mass is 32.2. The monoisotopic (exact) mass is 282 g/mol. The first-order valence-electron chi connectivity index (χ1n) is 6.32. The van der Waals surface area contributed by atoms with E-state index in [4.69, 9.17) is 5.14 Å². The highest BCUT2D eigenvalue weighted by molar-refractivity contribution is 7.89. The normalized spacial score (nSPS) is 23.3. The average Bonchev–Trinajstić information content (AvgIpc) is 2.75. The van der Waals surface area contributed by atoms with Crippen molar-refractivity contribution in [3.05, 3.63) is 24.3 Å². The van der Waals surface area contributed by atoms with Gasteiger partial charge in [0.25, 0.3) is 0 Å². The highest BCUT2D eigenvalue weighted by Gasteiger charge is 2.30. The summed E-state index contributed by atoms with van der Waals surface area (Å²) in [6.45, 7) is 2.04. The maximum absolute atomic E-state index is 12.2. The number of hydrogen-bond acceptors (Lipinski definition) is 3. The molecule has 1 amide bonds. The van der Waals surface area contributed by atoms with Gasteiger partial charge < -0.3 is 5.32 Å². The van der Waals surface area contributed by atoms with Crippen molar-refractivity contribution < 1.29 is 13.2 Å². The molecular formula is C13H18N2O3S. The molecular weight excluding hydrogens is 264 g/mol. The molecule has 104 valence electrons. The number of benzene rings is 1. The number of rotatable bonds is 3. The van der Waals surface area contributed by atoms with E-state index in [1.807, 2.05) is 6.92 Å². The number of anilines is 1. The number of para-hydroxylation sites is 1. The van der Waals surface area contributed by atoms with E-state index in [1.54, 1.807) is 18.2 Å². The number of sulfonamides is 1. The Morgan fingerprint density at radius 2 is 2.00 bits per heavy atom. The van der Waals surface area contributed by atoms with Crippen molar-refractivity contribution in [1.82, 2.24) is 0 Å². The summed E-state index contributed by atoms with van der Waals surface area (Å²) in [7, 11) is -3.83. The third-order valence-electron chi connectivity index (χ3n) is 3.65. The van der Waals surface area contributed by atoms with Gasteiger partial charge in [0.05, 0.1) is 5.69 Å². The topological polar surface area (TPSA) is 89.3 Å². The minimum Gasteiger partial charge on any atom is -0.325 e. The molecule has 5 nitrogen and oxygen atoms in total. The van der Waals surface area contributed by atoms with Gasteiger partial charge in [0, 0.05) is 5.92 Å². The van der Waals surface area contributed by atoms with Gasteiger partial charge in [-0.25, -0.2) is 13.6 Å². The second-order valence-corrected chi connectivity index (χ2v) is 6.57. The summed E-state index contributed by atoms with van der Waals surface area (Å²) < 4.78 is 22.9. The molecule has 0 bridgehead atoms. The van der Waals surface area contributed by atoms with Gasteiger partial charge in [-0.15, -0.1) is 0 Å². The standard InChI is InChI=1S/C13H18N2O3S/c1-9-5-4-6-10(9)13(16)15-11-7-2-3-8-12(11)19(14,17)18/h2-3,7-10H,4-6H2,1H3,(H,15,16)(H2,14,17,18). The Labute approximate surface area is 113 Å². The molecule has 0 aliphatic heterocycles. The summed E-state index contributed by atoms with van der Waals surface area (Å²) in [5.41, 5.74) is 0.258. The van der Waals surface area contributed by atoms with Crippen LogP contribution in [0.15, 0.2) is 29.2 Å². The Balaban J connectivity index is 2.22. The quantitative estimate of drug-likeness (QED) is 0.884. The van der Waals surface area contributed by atoms with Crippen molar-refractivity contribution in [2.45, 2.75) is 31.1 Å². The zero-order valence-corrected chi connectivity index (χ0v) is 11.6. The maximum atomic E-state index is 12.2. The van der Waals surface area contributed by atoms with Crippen molar-refractivity contribution in [2.24, 2.45) is 17.0 Å². The third-order valence-corrected chi connectivity index (χ3v) is 4.62. The van der Waals surface area contributed by atoms with E-state index < -0.39 is 10.0 Å². The van der Waals surface area contributed by atoms with Gasteiger partial charge in [-0.2, -0.15) is 0 Å². The molecule has 3 N–H and O–H groups in total. The predicted molar refractivity (Wildman–Crippen MR) is 72.9 cm³/mol. The van der Waals surface area contributed by atoms with Crippen LogP contribution in [0.2, 0.25) is 0 Å². The Morgan fingerprint density at radius 1 is 1.32 bits per heavy atom. The zero-order valence-electron chi connectivity index (χ0n) is 10.8. The number of primary sulfonamides is 1. The smallest absolute Gasteiger partial charge is 0.240 e.